The van der Waals surface area contributed by atoms with Crippen LogP contribution in [0.4, 0.5) is 11.4 Å². The number of hydrogen-bond donors (Lipinski definition) is 0. The third-order valence-corrected chi connectivity index (χ3v) is 7.58. The fraction of sp³-hybridized carbons (Fsp3) is 0.318. The van der Waals surface area contributed by atoms with E-state index in [9.17, 15) is 23.3 Å². The van der Waals surface area contributed by atoms with E-state index in [1.54, 1.807) is 45.6 Å². The molecule has 2 aliphatic heterocycles. The number of hydrogen-bond acceptors (Lipinski definition) is 5. The monoisotopic (exact) mass is 441 g/mol. The maximum Gasteiger partial charge on any atom is 0.269 e. The minimum Gasteiger partial charge on any atom is -0.308 e. The van der Waals surface area contributed by atoms with Crippen molar-refractivity contribution in [3.63, 3.8) is 0 Å². The summed E-state index contributed by atoms with van der Waals surface area (Å²) in [6, 6.07) is 10.9. The maximum atomic E-state index is 12.9. The van der Waals surface area contributed by atoms with E-state index < -0.39 is 14.9 Å². The molecule has 0 N–H and O–H groups in total. The number of nitro groups is 1. The summed E-state index contributed by atoms with van der Waals surface area (Å²) in [5, 5.41) is 10.7. The smallest absolute Gasteiger partial charge is 0.269 e. The zero-order valence-corrected chi connectivity index (χ0v) is 17.8. The Balaban J connectivity index is 1.49. The van der Waals surface area contributed by atoms with Gasteiger partial charge in [0.25, 0.3) is 11.6 Å². The molecule has 31 heavy (non-hydrogen) atoms. The van der Waals surface area contributed by atoms with E-state index in [1.165, 1.54) is 18.2 Å². The van der Waals surface area contributed by atoms with Crippen molar-refractivity contribution in [1.82, 2.24) is 4.31 Å². The van der Waals surface area contributed by atoms with E-state index in [0.717, 1.165) is 30.5 Å². The second-order valence-corrected chi connectivity index (χ2v) is 9.62. The summed E-state index contributed by atoms with van der Waals surface area (Å²) < 4.78 is 27.4. The number of fused-ring (bicyclic) bond motifs is 1. The number of benzene rings is 2. The van der Waals surface area contributed by atoms with Crippen molar-refractivity contribution in [2.45, 2.75) is 30.6 Å². The van der Waals surface area contributed by atoms with E-state index >= 15 is 0 Å². The Labute approximate surface area is 181 Å². The predicted molar refractivity (Wildman–Crippen MR) is 117 cm³/mol. The van der Waals surface area contributed by atoms with Crippen LogP contribution in [0.1, 0.15) is 30.4 Å². The minimum absolute atomic E-state index is 0.00717. The summed E-state index contributed by atoms with van der Waals surface area (Å²) in [4.78, 5) is 24.8. The number of sulfonamides is 1. The first-order valence-corrected chi connectivity index (χ1v) is 11.7. The van der Waals surface area contributed by atoms with Gasteiger partial charge in [-0.2, -0.15) is 4.31 Å². The second kappa shape index (κ2) is 8.60. The van der Waals surface area contributed by atoms with Crippen molar-refractivity contribution >= 4 is 33.4 Å². The molecule has 1 amide bonds. The van der Waals surface area contributed by atoms with Gasteiger partial charge in [-0.25, -0.2) is 8.42 Å². The molecule has 1 fully saturated rings. The van der Waals surface area contributed by atoms with Crippen molar-refractivity contribution in [3.05, 3.63) is 69.8 Å². The highest BCUT2D eigenvalue weighted by molar-refractivity contribution is 7.89. The average Bonchev–Trinajstić information content (AvgIpc) is 3.22. The normalized spacial score (nSPS) is 17.1. The van der Waals surface area contributed by atoms with Gasteiger partial charge >= 0.3 is 0 Å². The van der Waals surface area contributed by atoms with Gasteiger partial charge in [0.1, 0.15) is 0 Å². The molecular weight excluding hydrogens is 418 g/mol. The van der Waals surface area contributed by atoms with Crippen LogP contribution in [0, 0.1) is 10.1 Å². The predicted octanol–water partition coefficient (Wildman–Crippen LogP) is 3.37. The highest BCUT2D eigenvalue weighted by Crippen LogP contribution is 2.32. The standard InChI is InChI=1S/C22H23N3O5S/c26-22(11-6-17-4-7-19(8-5-17)25(27)28)24-15-12-18-16-20(9-10-21(18)24)31(29,30)23-13-2-1-3-14-23/h4-11,16H,1-3,12-15H2/b11-6+. The molecule has 2 heterocycles. The van der Waals surface area contributed by atoms with Crippen LogP contribution < -0.4 is 4.90 Å². The number of carbonyl (C=O) groups is 1. The Kier molecular flexibility index (Phi) is 5.88. The van der Waals surface area contributed by atoms with E-state index in [2.05, 4.69) is 0 Å². The van der Waals surface area contributed by atoms with Crippen LogP contribution in [0.5, 0.6) is 0 Å². The Bertz CT molecular complexity index is 1140. The molecule has 2 aromatic rings. The van der Waals surface area contributed by atoms with Crippen LogP contribution in [0.25, 0.3) is 6.08 Å². The Morgan fingerprint density at radius 3 is 2.39 bits per heavy atom. The molecule has 9 heteroatoms. The lowest BCUT2D eigenvalue weighted by atomic mass is 10.1. The number of amides is 1. The van der Waals surface area contributed by atoms with E-state index in [1.807, 2.05) is 0 Å². The van der Waals surface area contributed by atoms with Crippen LogP contribution in [-0.4, -0.2) is 43.2 Å². The quantitative estimate of drug-likeness (QED) is 0.402. The molecule has 2 aromatic carbocycles. The largest absolute Gasteiger partial charge is 0.308 e. The lowest BCUT2D eigenvalue weighted by Crippen LogP contribution is -2.35. The van der Waals surface area contributed by atoms with E-state index in [-0.39, 0.29) is 16.5 Å². The van der Waals surface area contributed by atoms with Crippen molar-refractivity contribution in [1.29, 1.82) is 0 Å². The molecule has 0 aliphatic carbocycles. The van der Waals surface area contributed by atoms with Crippen molar-refractivity contribution in [2.75, 3.05) is 24.5 Å². The fourth-order valence-electron chi connectivity index (χ4n) is 3.99. The van der Waals surface area contributed by atoms with Gasteiger partial charge in [0.2, 0.25) is 10.0 Å². The summed E-state index contributed by atoms with van der Waals surface area (Å²) in [5.41, 5.74) is 2.24. The Hall–Kier alpha value is -3.04. The van der Waals surface area contributed by atoms with Crippen LogP contribution in [0.15, 0.2) is 53.4 Å². The molecule has 0 spiro atoms. The first kappa shape index (κ1) is 21.2. The van der Waals surface area contributed by atoms with Gasteiger partial charge in [0.05, 0.1) is 9.82 Å². The molecule has 4 rings (SSSR count). The zero-order chi connectivity index (χ0) is 22.0. The molecular formula is C22H23N3O5S. The first-order chi connectivity index (χ1) is 14.9. The molecule has 0 bridgehead atoms. The molecule has 0 aromatic heterocycles. The summed E-state index contributed by atoms with van der Waals surface area (Å²) in [7, 11) is -3.51. The second-order valence-electron chi connectivity index (χ2n) is 7.68. The zero-order valence-electron chi connectivity index (χ0n) is 16.9. The number of non-ortho nitro benzene ring substituents is 1. The molecule has 162 valence electrons. The number of anilines is 1. The van der Waals surface area contributed by atoms with Crippen LogP contribution >= 0.6 is 0 Å². The van der Waals surface area contributed by atoms with Crippen LogP contribution in [-0.2, 0) is 21.2 Å². The van der Waals surface area contributed by atoms with Gasteiger partial charge in [-0.1, -0.05) is 6.42 Å². The third kappa shape index (κ3) is 4.38. The minimum atomic E-state index is -3.51. The van der Waals surface area contributed by atoms with Crippen molar-refractivity contribution in [3.8, 4) is 0 Å². The summed E-state index contributed by atoms with van der Waals surface area (Å²) in [6.45, 7) is 1.58. The van der Waals surface area contributed by atoms with Crippen LogP contribution in [0.3, 0.4) is 0 Å². The molecule has 0 radical (unpaired) electrons. The summed E-state index contributed by atoms with van der Waals surface area (Å²) >= 11 is 0. The van der Waals surface area contributed by atoms with Crippen molar-refractivity contribution < 1.29 is 18.1 Å². The summed E-state index contributed by atoms with van der Waals surface area (Å²) in [5.74, 6) is -0.219. The van der Waals surface area contributed by atoms with E-state index in [0.29, 0.717) is 31.6 Å². The van der Waals surface area contributed by atoms with Gasteiger partial charge in [0, 0.05) is 43.5 Å². The van der Waals surface area contributed by atoms with Gasteiger partial charge in [-0.05, 0) is 66.8 Å². The van der Waals surface area contributed by atoms with Gasteiger partial charge < -0.3 is 4.90 Å². The number of piperidine rings is 1. The number of rotatable bonds is 5. The first-order valence-electron chi connectivity index (χ1n) is 10.2. The van der Waals surface area contributed by atoms with Gasteiger partial charge in [0.15, 0.2) is 0 Å². The Morgan fingerprint density at radius 1 is 1.00 bits per heavy atom. The van der Waals surface area contributed by atoms with Crippen molar-refractivity contribution in [2.24, 2.45) is 0 Å². The number of nitro benzene ring substituents is 1. The highest BCUT2D eigenvalue weighted by Gasteiger charge is 2.29. The number of carbonyl (C=O) groups excluding carboxylic acids is 1. The Morgan fingerprint density at radius 2 is 1.71 bits per heavy atom. The molecule has 1 saturated heterocycles. The van der Waals surface area contributed by atoms with E-state index in [4.69, 9.17) is 0 Å². The maximum absolute atomic E-state index is 12.9. The fourth-order valence-corrected chi connectivity index (χ4v) is 5.55. The molecule has 0 unspecified atom stereocenters. The van der Waals surface area contributed by atoms with Crippen LogP contribution in [0.2, 0.25) is 0 Å². The lowest BCUT2D eigenvalue weighted by molar-refractivity contribution is -0.384. The summed E-state index contributed by atoms with van der Waals surface area (Å²) in [6.07, 6.45) is 6.45. The van der Waals surface area contributed by atoms with Gasteiger partial charge in [-0.3, -0.25) is 14.9 Å². The average molecular weight is 442 g/mol. The molecule has 0 atom stereocenters. The molecule has 8 nitrogen and oxygen atoms in total. The SMILES string of the molecule is O=C(/C=C/c1ccc([N+](=O)[O-])cc1)N1CCc2cc(S(=O)(=O)N3CCCCC3)ccc21. The third-order valence-electron chi connectivity index (χ3n) is 5.69. The van der Waals surface area contributed by atoms with Gasteiger partial charge in [-0.15, -0.1) is 0 Å². The molecule has 2 aliphatic rings. The molecule has 0 saturated carbocycles. The number of nitrogens with zero attached hydrogens (tertiary/aromatic N) is 3. The highest BCUT2D eigenvalue weighted by atomic mass is 32.2. The topological polar surface area (TPSA) is 101 Å². The lowest BCUT2D eigenvalue weighted by Gasteiger charge is -2.26.